The zero-order valence-corrected chi connectivity index (χ0v) is 42.8. The van der Waals surface area contributed by atoms with Gasteiger partial charge in [0, 0.05) is 26.3 Å². The summed E-state index contributed by atoms with van der Waals surface area (Å²) in [5.74, 6) is 0.318. The van der Waals surface area contributed by atoms with Gasteiger partial charge >= 0.3 is 17.9 Å². The normalized spacial score (nSPS) is 12.9. The molecule has 0 fully saturated rings. The predicted molar refractivity (Wildman–Crippen MR) is 264 cm³/mol. The number of esters is 3. The molecule has 0 saturated carbocycles. The quantitative estimate of drug-likeness (QED) is 0.0338. The van der Waals surface area contributed by atoms with E-state index in [0.717, 1.165) is 90.0 Å². The molecule has 0 bridgehead atoms. The average molecular weight is 893 g/mol. The van der Waals surface area contributed by atoms with E-state index in [1.807, 2.05) is 14.1 Å². The minimum Gasteiger partial charge on any atom is -0.466 e. The summed E-state index contributed by atoms with van der Waals surface area (Å²) in [5, 5.41) is 0. The molecule has 0 aliphatic heterocycles. The van der Waals surface area contributed by atoms with Crippen molar-refractivity contribution in [2.24, 2.45) is 11.8 Å². The number of ether oxygens (including phenoxy) is 3. The number of hydrogen-bond acceptors (Lipinski definition) is 8. The van der Waals surface area contributed by atoms with Crippen LogP contribution in [0.5, 0.6) is 0 Å². The molecule has 63 heavy (non-hydrogen) atoms. The lowest BCUT2D eigenvalue weighted by atomic mass is 9.91. The lowest BCUT2D eigenvalue weighted by Crippen LogP contribution is -2.34. The molecule has 0 aromatic carbocycles. The third-order valence-corrected chi connectivity index (χ3v) is 12.7. The third kappa shape index (κ3) is 41.0. The fourth-order valence-corrected chi connectivity index (χ4v) is 8.59. The molecule has 3 unspecified atom stereocenters. The van der Waals surface area contributed by atoms with Gasteiger partial charge in [-0.3, -0.25) is 19.2 Å². The van der Waals surface area contributed by atoms with Crippen molar-refractivity contribution in [2.75, 3.05) is 47.4 Å². The Kier molecular flexibility index (Phi) is 43.5. The average Bonchev–Trinajstić information content (AvgIpc) is 3.25. The highest BCUT2D eigenvalue weighted by molar-refractivity contribution is 5.82. The number of carbonyl (C=O) groups excluding carboxylic acids is 4. The molecule has 372 valence electrons. The van der Waals surface area contributed by atoms with Gasteiger partial charge in [0.1, 0.15) is 12.6 Å². The first kappa shape index (κ1) is 60.8. The minimum atomic E-state index is -0.355. The highest BCUT2D eigenvalue weighted by atomic mass is 16.5. The van der Waals surface area contributed by atoms with Crippen LogP contribution in [0, 0.1) is 11.8 Å². The molecule has 0 aromatic rings. The Labute approximate surface area is 390 Å². The van der Waals surface area contributed by atoms with Crippen molar-refractivity contribution >= 4 is 23.8 Å². The molecule has 0 rings (SSSR count). The second-order valence-electron chi connectivity index (χ2n) is 19.4. The summed E-state index contributed by atoms with van der Waals surface area (Å²) in [7, 11) is 5.74. The van der Waals surface area contributed by atoms with E-state index in [0.29, 0.717) is 44.3 Å². The van der Waals surface area contributed by atoms with Gasteiger partial charge in [-0.1, -0.05) is 156 Å². The van der Waals surface area contributed by atoms with Crippen molar-refractivity contribution in [1.82, 2.24) is 9.80 Å². The Morgan fingerprint density at radius 2 is 0.794 bits per heavy atom. The van der Waals surface area contributed by atoms with Gasteiger partial charge in [-0.2, -0.15) is 0 Å². The maximum absolute atomic E-state index is 13.1. The van der Waals surface area contributed by atoms with Crippen LogP contribution in [0.25, 0.3) is 0 Å². The largest absolute Gasteiger partial charge is 0.466 e. The number of hydrogen-bond donors (Lipinski definition) is 0. The second kappa shape index (κ2) is 45.0. The van der Waals surface area contributed by atoms with Gasteiger partial charge in [-0.25, -0.2) is 0 Å². The van der Waals surface area contributed by atoms with E-state index in [-0.39, 0.29) is 36.5 Å². The van der Waals surface area contributed by atoms with E-state index in [4.69, 9.17) is 14.2 Å². The van der Waals surface area contributed by atoms with Gasteiger partial charge in [0.05, 0.1) is 13.2 Å². The molecule has 0 aliphatic carbocycles. The van der Waals surface area contributed by atoms with Gasteiger partial charge in [-0.05, 0) is 116 Å². The molecule has 9 nitrogen and oxygen atoms in total. The summed E-state index contributed by atoms with van der Waals surface area (Å²) >= 11 is 0. The molecule has 0 N–H and O–H groups in total. The smallest absolute Gasteiger partial charge is 0.325 e. The first-order valence-electron chi connectivity index (χ1n) is 26.9. The first-order chi connectivity index (χ1) is 30.6. The summed E-state index contributed by atoms with van der Waals surface area (Å²) in [4.78, 5) is 55.0. The van der Waals surface area contributed by atoms with Crippen molar-refractivity contribution in [3.63, 3.8) is 0 Å². The molecule has 0 heterocycles. The fourth-order valence-electron chi connectivity index (χ4n) is 8.59. The number of unbranched alkanes of at least 4 members (excludes halogenated alkanes) is 20. The molecule has 0 radical (unpaired) electrons. The summed E-state index contributed by atoms with van der Waals surface area (Å²) in [6, 6.07) is 0. The van der Waals surface area contributed by atoms with Crippen LogP contribution < -0.4 is 0 Å². The van der Waals surface area contributed by atoms with Crippen LogP contribution >= 0.6 is 0 Å². The summed E-state index contributed by atoms with van der Waals surface area (Å²) < 4.78 is 17.2. The van der Waals surface area contributed by atoms with Crippen LogP contribution in [-0.4, -0.2) is 87.2 Å². The number of likely N-dealkylation sites (N-methyl/N-ethyl adjacent to an activating group) is 1. The topological polar surface area (TPSA) is 102 Å². The SMILES string of the molecule is CCCCCCCCC(CCCCCC)CC(=O)OCCCCCC(CCCCCOC(=O)CN(C)C(=O)CC(CCCCCC)CCCCCCCC)OC(=O)CCCN(C)C. The van der Waals surface area contributed by atoms with E-state index < -0.39 is 0 Å². The van der Waals surface area contributed by atoms with Crippen molar-refractivity contribution in [1.29, 1.82) is 0 Å². The van der Waals surface area contributed by atoms with Gasteiger partial charge in [0.15, 0.2) is 0 Å². The molecule has 0 spiro atoms. The number of amides is 1. The first-order valence-corrected chi connectivity index (χ1v) is 26.9. The minimum absolute atomic E-state index is 0.0116. The Morgan fingerprint density at radius 3 is 1.25 bits per heavy atom. The van der Waals surface area contributed by atoms with Crippen LogP contribution in [0.3, 0.4) is 0 Å². The van der Waals surface area contributed by atoms with E-state index in [2.05, 4.69) is 32.6 Å². The van der Waals surface area contributed by atoms with Crippen LogP contribution in [-0.2, 0) is 33.4 Å². The Balaban J connectivity index is 4.72. The van der Waals surface area contributed by atoms with Crippen LogP contribution in [0.1, 0.15) is 259 Å². The van der Waals surface area contributed by atoms with Crippen molar-refractivity contribution in [3.05, 3.63) is 0 Å². The fraction of sp³-hybridized carbons (Fsp3) is 0.926. The maximum Gasteiger partial charge on any atom is 0.325 e. The Bertz CT molecular complexity index is 1070. The standard InChI is InChI=1S/C54H104N2O7/c1-8-12-16-20-22-28-36-48(35-26-18-14-10-3)45-51(57)56(7)47-54(60)62-44-33-25-31-40-50(63-52(58)41-34-42-55(5)6)39-30-24-32-43-61-53(59)46-49(37-27-19-15-11-4)38-29-23-21-17-13-9-2/h48-50H,8-47H2,1-7H3. The summed E-state index contributed by atoms with van der Waals surface area (Å²) in [5.41, 5.74) is 0. The van der Waals surface area contributed by atoms with Crippen molar-refractivity contribution in [3.8, 4) is 0 Å². The highest BCUT2D eigenvalue weighted by Crippen LogP contribution is 2.24. The maximum atomic E-state index is 13.1. The molecular weight excluding hydrogens is 789 g/mol. The number of rotatable bonds is 47. The number of nitrogens with zero attached hydrogens (tertiary/aromatic N) is 2. The van der Waals surface area contributed by atoms with Crippen LogP contribution in [0.15, 0.2) is 0 Å². The van der Waals surface area contributed by atoms with E-state index in [1.54, 1.807) is 11.9 Å². The Hall–Kier alpha value is -2.16. The molecule has 1 amide bonds. The number of carbonyl (C=O) groups is 4. The van der Waals surface area contributed by atoms with E-state index in [9.17, 15) is 19.2 Å². The van der Waals surface area contributed by atoms with Crippen LogP contribution in [0.4, 0.5) is 0 Å². The summed E-state index contributed by atoms with van der Waals surface area (Å²) in [6.07, 6.45) is 38.3. The van der Waals surface area contributed by atoms with Gasteiger partial charge in [0.2, 0.25) is 5.91 Å². The summed E-state index contributed by atoms with van der Waals surface area (Å²) in [6.45, 7) is 10.6. The zero-order chi connectivity index (χ0) is 46.6. The highest BCUT2D eigenvalue weighted by Gasteiger charge is 2.20. The molecule has 9 heteroatoms. The molecule has 0 aromatic heterocycles. The molecule has 0 saturated heterocycles. The molecular formula is C54H104N2O7. The third-order valence-electron chi connectivity index (χ3n) is 12.7. The monoisotopic (exact) mass is 893 g/mol. The lowest BCUT2D eigenvalue weighted by molar-refractivity contribution is -0.150. The van der Waals surface area contributed by atoms with Crippen molar-refractivity contribution in [2.45, 2.75) is 265 Å². The Morgan fingerprint density at radius 1 is 0.413 bits per heavy atom. The van der Waals surface area contributed by atoms with E-state index >= 15 is 0 Å². The molecule has 0 aliphatic rings. The van der Waals surface area contributed by atoms with Gasteiger partial charge < -0.3 is 24.0 Å². The van der Waals surface area contributed by atoms with Gasteiger partial charge in [0.25, 0.3) is 0 Å². The van der Waals surface area contributed by atoms with Crippen LogP contribution in [0.2, 0.25) is 0 Å². The van der Waals surface area contributed by atoms with Crippen molar-refractivity contribution < 1.29 is 33.4 Å². The zero-order valence-electron chi connectivity index (χ0n) is 42.8. The van der Waals surface area contributed by atoms with Gasteiger partial charge in [-0.15, -0.1) is 0 Å². The second-order valence-corrected chi connectivity index (χ2v) is 19.4. The predicted octanol–water partition coefficient (Wildman–Crippen LogP) is 14.4. The lowest BCUT2D eigenvalue weighted by Gasteiger charge is -2.21. The molecule has 3 atom stereocenters. The van der Waals surface area contributed by atoms with E-state index in [1.165, 1.54) is 128 Å².